The van der Waals surface area contributed by atoms with E-state index in [0.717, 1.165) is 64.2 Å². The molecule has 0 aliphatic carbocycles. The summed E-state index contributed by atoms with van der Waals surface area (Å²) < 4.78 is 34.3. The van der Waals surface area contributed by atoms with Gasteiger partial charge < -0.3 is 89.9 Å². The van der Waals surface area contributed by atoms with Gasteiger partial charge in [0.15, 0.2) is 18.9 Å². The summed E-state index contributed by atoms with van der Waals surface area (Å²) in [5, 5.41) is 120. The van der Waals surface area contributed by atoms with E-state index >= 15 is 0 Å². The van der Waals surface area contributed by atoms with Crippen LogP contribution in [0.15, 0.2) is 12.2 Å². The summed E-state index contributed by atoms with van der Waals surface area (Å²) in [6.45, 7) is 1.76. The summed E-state index contributed by atoms with van der Waals surface area (Å²) in [5.74, 6) is -0.252. The van der Waals surface area contributed by atoms with Crippen molar-refractivity contribution >= 4 is 5.91 Å². The van der Waals surface area contributed by atoms with Crippen molar-refractivity contribution in [2.75, 3.05) is 26.4 Å². The number of ether oxygens (including phenoxy) is 6. The summed E-state index contributed by atoms with van der Waals surface area (Å²) in [4.78, 5) is 13.3. The molecule has 3 fully saturated rings. The average Bonchev–Trinajstić information content (AvgIpc) is 3.40. The first-order valence-electron chi connectivity index (χ1n) is 28.9. The van der Waals surface area contributed by atoms with Crippen LogP contribution in [-0.4, -0.2) is 193 Å². The lowest BCUT2D eigenvalue weighted by atomic mass is 9.96. The molecular formula is C55H103NO18. The molecule has 0 aromatic carbocycles. The number of aliphatic hydroxyl groups excluding tert-OH is 11. The fraction of sp³-hybridized carbons (Fsp3) is 0.945. The van der Waals surface area contributed by atoms with E-state index in [2.05, 4.69) is 31.3 Å². The highest BCUT2D eigenvalue weighted by atomic mass is 16.8. The van der Waals surface area contributed by atoms with E-state index in [-0.39, 0.29) is 18.9 Å². The normalized spacial score (nSPS) is 31.5. The molecule has 17 unspecified atom stereocenters. The van der Waals surface area contributed by atoms with Gasteiger partial charge in [0.25, 0.3) is 0 Å². The predicted octanol–water partition coefficient (Wildman–Crippen LogP) is 4.21. The Labute approximate surface area is 442 Å². The zero-order chi connectivity index (χ0) is 54.1. The molecule has 0 spiro atoms. The third-order valence-corrected chi connectivity index (χ3v) is 14.8. The quantitative estimate of drug-likeness (QED) is 0.0301. The van der Waals surface area contributed by atoms with E-state index in [0.29, 0.717) is 12.8 Å². The molecule has 3 saturated heterocycles. The summed E-state index contributed by atoms with van der Waals surface area (Å²) in [7, 11) is 0. The number of hydrogen-bond acceptors (Lipinski definition) is 18. The molecule has 436 valence electrons. The van der Waals surface area contributed by atoms with Crippen LogP contribution in [0.5, 0.6) is 0 Å². The van der Waals surface area contributed by atoms with Crippen molar-refractivity contribution in [3.05, 3.63) is 12.2 Å². The van der Waals surface area contributed by atoms with E-state index < -0.39 is 124 Å². The maximum absolute atomic E-state index is 13.3. The molecule has 19 heteroatoms. The van der Waals surface area contributed by atoms with Gasteiger partial charge in [-0.15, -0.1) is 0 Å². The molecular weight excluding hydrogens is 963 g/mol. The molecule has 0 aromatic rings. The molecule has 0 radical (unpaired) electrons. The third kappa shape index (κ3) is 24.3. The van der Waals surface area contributed by atoms with Crippen molar-refractivity contribution in [1.82, 2.24) is 5.32 Å². The lowest BCUT2D eigenvalue weighted by Crippen LogP contribution is -2.66. The Morgan fingerprint density at radius 1 is 0.473 bits per heavy atom. The number of carbonyl (C=O) groups is 1. The first-order valence-corrected chi connectivity index (χ1v) is 28.9. The maximum atomic E-state index is 13.3. The molecule has 74 heavy (non-hydrogen) atoms. The fourth-order valence-corrected chi connectivity index (χ4v) is 10.0. The molecule has 3 aliphatic heterocycles. The summed E-state index contributed by atoms with van der Waals surface area (Å²) in [6.07, 6.45) is 10.1. The first kappa shape index (κ1) is 66.8. The van der Waals surface area contributed by atoms with Crippen molar-refractivity contribution in [3.63, 3.8) is 0 Å². The Balaban J connectivity index is 1.52. The second-order valence-corrected chi connectivity index (χ2v) is 21.1. The summed E-state index contributed by atoms with van der Waals surface area (Å²) >= 11 is 0. The van der Waals surface area contributed by atoms with Gasteiger partial charge >= 0.3 is 0 Å². The molecule has 0 saturated carbocycles. The predicted molar refractivity (Wildman–Crippen MR) is 277 cm³/mol. The minimum absolute atomic E-state index is 0.252. The lowest BCUT2D eigenvalue weighted by molar-refractivity contribution is -0.379. The second kappa shape index (κ2) is 39.8. The molecule has 19 nitrogen and oxygen atoms in total. The summed E-state index contributed by atoms with van der Waals surface area (Å²) in [5.41, 5.74) is 0. The Hall–Kier alpha value is -1.47. The number of amides is 1. The maximum Gasteiger partial charge on any atom is 0.220 e. The van der Waals surface area contributed by atoms with Gasteiger partial charge in [-0.2, -0.15) is 0 Å². The van der Waals surface area contributed by atoms with Crippen LogP contribution in [-0.2, 0) is 33.2 Å². The van der Waals surface area contributed by atoms with Crippen LogP contribution < -0.4 is 5.32 Å². The molecule has 1 amide bonds. The zero-order valence-corrected chi connectivity index (χ0v) is 45.1. The highest BCUT2D eigenvalue weighted by molar-refractivity contribution is 5.76. The van der Waals surface area contributed by atoms with Crippen molar-refractivity contribution < 1.29 is 89.4 Å². The van der Waals surface area contributed by atoms with Crippen molar-refractivity contribution in [3.8, 4) is 0 Å². The highest BCUT2D eigenvalue weighted by Crippen LogP contribution is 2.33. The van der Waals surface area contributed by atoms with E-state index in [1.165, 1.54) is 103 Å². The van der Waals surface area contributed by atoms with Crippen LogP contribution >= 0.6 is 0 Å². The number of hydrogen-bond donors (Lipinski definition) is 12. The van der Waals surface area contributed by atoms with Gasteiger partial charge in [0, 0.05) is 6.42 Å². The number of rotatable bonds is 42. The molecule has 17 atom stereocenters. The number of nitrogens with one attached hydrogen (secondary N) is 1. The number of unbranched alkanes of at least 4 members (excludes halogenated alkanes) is 24. The van der Waals surface area contributed by atoms with Gasteiger partial charge in [0.2, 0.25) is 5.91 Å². The van der Waals surface area contributed by atoms with Gasteiger partial charge in [-0.3, -0.25) is 4.79 Å². The lowest BCUT2D eigenvalue weighted by Gasteiger charge is -2.48. The van der Waals surface area contributed by atoms with Crippen LogP contribution in [0, 0.1) is 0 Å². The van der Waals surface area contributed by atoms with E-state index in [1.807, 2.05) is 0 Å². The van der Waals surface area contributed by atoms with Crippen LogP contribution in [0.4, 0.5) is 0 Å². The van der Waals surface area contributed by atoms with E-state index in [4.69, 9.17) is 28.4 Å². The van der Waals surface area contributed by atoms with E-state index in [9.17, 15) is 61.0 Å². The molecule has 3 rings (SSSR count). The highest BCUT2D eigenvalue weighted by Gasteiger charge is 2.53. The number of aliphatic hydroxyl groups is 11. The van der Waals surface area contributed by atoms with Gasteiger partial charge in [-0.1, -0.05) is 167 Å². The molecule has 12 N–H and O–H groups in total. The number of allylic oxidation sites excluding steroid dienone is 2. The van der Waals surface area contributed by atoms with Crippen LogP contribution in [0.25, 0.3) is 0 Å². The van der Waals surface area contributed by atoms with Crippen molar-refractivity contribution in [2.45, 2.75) is 304 Å². The Morgan fingerprint density at radius 3 is 1.31 bits per heavy atom. The smallest absolute Gasteiger partial charge is 0.220 e. The van der Waals surface area contributed by atoms with Gasteiger partial charge in [-0.05, 0) is 38.5 Å². The van der Waals surface area contributed by atoms with E-state index in [1.54, 1.807) is 0 Å². The van der Waals surface area contributed by atoms with Crippen molar-refractivity contribution in [2.24, 2.45) is 0 Å². The molecule has 0 aromatic heterocycles. The minimum Gasteiger partial charge on any atom is -0.394 e. The average molecular weight is 1070 g/mol. The van der Waals surface area contributed by atoms with Gasteiger partial charge in [0.05, 0.1) is 38.6 Å². The Morgan fingerprint density at radius 2 is 0.851 bits per heavy atom. The zero-order valence-electron chi connectivity index (χ0n) is 45.1. The van der Waals surface area contributed by atoms with Gasteiger partial charge in [-0.25, -0.2) is 0 Å². The topological polar surface area (TPSA) is 307 Å². The number of carbonyl (C=O) groups excluding carboxylic acids is 1. The second-order valence-electron chi connectivity index (χ2n) is 21.1. The minimum atomic E-state index is -1.97. The molecule has 0 bridgehead atoms. The van der Waals surface area contributed by atoms with Crippen LogP contribution in [0.2, 0.25) is 0 Å². The Bertz CT molecular complexity index is 1410. The van der Waals surface area contributed by atoms with Crippen molar-refractivity contribution in [1.29, 1.82) is 0 Å². The fourth-order valence-electron chi connectivity index (χ4n) is 10.0. The largest absolute Gasteiger partial charge is 0.394 e. The monoisotopic (exact) mass is 1070 g/mol. The molecule has 3 heterocycles. The third-order valence-electron chi connectivity index (χ3n) is 14.8. The van der Waals surface area contributed by atoms with Gasteiger partial charge in [0.1, 0.15) is 73.2 Å². The molecule has 3 aliphatic rings. The Kier molecular flexibility index (Phi) is 35.9. The summed E-state index contributed by atoms with van der Waals surface area (Å²) in [6, 6.07) is -0.886. The SMILES string of the molecule is CCCCCCC/C=C\CCCCCCCC(=O)NC(COC1OC(CO)C(OC2OC(CO)C(OC3OC(CO)C(O)C(O)C3O)C(O)C2O)C(O)C1O)C(O)CCCCCCCCCCCCCCCCC. The standard InChI is InChI=1S/C55H103NO18/c1-3-5-7-9-11-13-15-17-19-20-22-24-26-28-30-32-39(60)38(56-43(61)33-31-29-27-25-23-21-18-16-14-12-10-8-6-4-2)37-69-53-49(67)46(64)51(41(35-58)71-53)74-55-50(68)47(65)52(42(36-59)72-55)73-54-48(66)45(63)44(62)40(34-57)70-54/h16,18,38-42,44-55,57-60,62-68H,3-15,17,19-37H2,1-2H3,(H,56,61)/b18-16-. The van der Waals surface area contributed by atoms with Crippen LogP contribution in [0.1, 0.15) is 200 Å². The first-order chi connectivity index (χ1) is 35.8. The van der Waals surface area contributed by atoms with Crippen LogP contribution in [0.3, 0.4) is 0 Å².